The summed E-state index contributed by atoms with van der Waals surface area (Å²) in [5.74, 6) is 0.278. The Morgan fingerprint density at radius 1 is 1.57 bits per heavy atom. The maximum Gasteiger partial charge on any atom is 0.256 e. The van der Waals surface area contributed by atoms with Crippen LogP contribution in [0.3, 0.4) is 0 Å². The number of aliphatic hydroxyl groups is 1. The number of carbonyl (C=O) groups is 1. The van der Waals surface area contributed by atoms with E-state index in [2.05, 4.69) is 31.3 Å². The van der Waals surface area contributed by atoms with Gasteiger partial charge in [-0.2, -0.15) is 0 Å². The first-order chi connectivity index (χ1) is 11.0. The molecule has 8 nitrogen and oxygen atoms in total. The van der Waals surface area contributed by atoms with Crippen LogP contribution in [0, 0.1) is 0 Å². The fourth-order valence-electron chi connectivity index (χ4n) is 2.45. The number of aliphatic hydroxyl groups excluding tert-OH is 1. The summed E-state index contributed by atoms with van der Waals surface area (Å²) in [5.41, 5.74) is 1.23. The highest BCUT2D eigenvalue weighted by Gasteiger charge is 2.25. The highest BCUT2D eigenvalue weighted by Crippen LogP contribution is 2.23. The van der Waals surface area contributed by atoms with Crippen molar-refractivity contribution in [2.45, 2.75) is 18.6 Å². The van der Waals surface area contributed by atoms with E-state index in [4.69, 9.17) is 4.74 Å². The molecular formula is C14H18BrN5O3. The van der Waals surface area contributed by atoms with E-state index in [1.165, 1.54) is 4.90 Å². The van der Waals surface area contributed by atoms with Gasteiger partial charge in [0.1, 0.15) is 4.60 Å². The molecule has 1 aliphatic heterocycles. The van der Waals surface area contributed by atoms with Crippen LogP contribution in [-0.4, -0.2) is 70.0 Å². The van der Waals surface area contributed by atoms with Gasteiger partial charge in [-0.1, -0.05) is 0 Å². The first-order valence-corrected chi connectivity index (χ1v) is 8.05. The van der Waals surface area contributed by atoms with Crippen molar-refractivity contribution < 1.29 is 14.6 Å². The van der Waals surface area contributed by atoms with Crippen molar-refractivity contribution in [3.8, 4) is 0 Å². The summed E-state index contributed by atoms with van der Waals surface area (Å²) >= 11 is 3.42. The van der Waals surface area contributed by atoms with Crippen molar-refractivity contribution >= 4 is 33.3 Å². The normalized spacial score (nSPS) is 21.4. The van der Waals surface area contributed by atoms with E-state index < -0.39 is 6.10 Å². The zero-order chi connectivity index (χ0) is 16.6. The molecule has 0 saturated carbocycles. The lowest BCUT2D eigenvalue weighted by atomic mass is 10.1. The van der Waals surface area contributed by atoms with E-state index in [1.54, 1.807) is 30.9 Å². The third-order valence-electron chi connectivity index (χ3n) is 3.74. The maximum atomic E-state index is 12.2. The minimum Gasteiger partial charge on any atom is -0.389 e. The van der Waals surface area contributed by atoms with Gasteiger partial charge in [-0.25, -0.2) is 9.50 Å². The first-order valence-electron chi connectivity index (χ1n) is 7.25. The van der Waals surface area contributed by atoms with Crippen molar-refractivity contribution in [1.29, 1.82) is 0 Å². The number of hydrogen-bond donors (Lipinski definition) is 2. The molecule has 2 aromatic rings. The predicted octanol–water partition coefficient (Wildman–Crippen LogP) is 0.755. The molecule has 2 N–H and O–H groups in total. The van der Waals surface area contributed by atoms with Gasteiger partial charge in [-0.3, -0.25) is 4.79 Å². The van der Waals surface area contributed by atoms with E-state index in [0.717, 1.165) is 0 Å². The van der Waals surface area contributed by atoms with Crippen molar-refractivity contribution in [2.24, 2.45) is 0 Å². The molecule has 0 unspecified atom stereocenters. The number of anilines is 1. The molecule has 2 atom stereocenters. The molecule has 1 saturated heterocycles. The summed E-state index contributed by atoms with van der Waals surface area (Å²) in [6.07, 6.45) is 1.72. The van der Waals surface area contributed by atoms with E-state index in [9.17, 15) is 9.90 Å². The SMILES string of the molecule is CN(C)C(=O)c1cc2cnc(N[C@@H]3CCOC[C@H]3O)nn2c1Br. The third kappa shape index (κ3) is 3.17. The Morgan fingerprint density at radius 2 is 2.35 bits per heavy atom. The van der Waals surface area contributed by atoms with Crippen LogP contribution in [0.15, 0.2) is 16.9 Å². The number of hydrogen-bond acceptors (Lipinski definition) is 6. The molecule has 0 bridgehead atoms. The Balaban J connectivity index is 1.89. The minimum atomic E-state index is -0.595. The maximum absolute atomic E-state index is 12.2. The van der Waals surface area contributed by atoms with Gasteiger partial charge >= 0.3 is 0 Å². The van der Waals surface area contributed by atoms with E-state index in [-0.39, 0.29) is 11.9 Å². The highest BCUT2D eigenvalue weighted by molar-refractivity contribution is 9.10. The van der Waals surface area contributed by atoms with Crippen molar-refractivity contribution in [2.75, 3.05) is 32.6 Å². The molecule has 1 fully saturated rings. The molecule has 0 aromatic carbocycles. The van der Waals surface area contributed by atoms with E-state index in [1.807, 2.05) is 0 Å². The quantitative estimate of drug-likeness (QED) is 0.812. The Morgan fingerprint density at radius 3 is 3.04 bits per heavy atom. The standard InChI is InChI=1S/C14H18BrN5O3/c1-19(2)13(22)9-5-8-6-16-14(18-20(8)12(9)15)17-10-3-4-23-7-11(10)21/h5-6,10-11,21H,3-4,7H2,1-2H3,(H,17,18)/t10-,11-/m1/s1. The topological polar surface area (TPSA) is 92.0 Å². The number of rotatable bonds is 3. The molecule has 0 spiro atoms. The molecule has 2 aromatic heterocycles. The third-order valence-corrected chi connectivity index (χ3v) is 4.50. The van der Waals surface area contributed by atoms with Crippen LogP contribution in [0.4, 0.5) is 5.95 Å². The van der Waals surface area contributed by atoms with Gasteiger partial charge in [0.15, 0.2) is 0 Å². The Labute approximate surface area is 141 Å². The van der Waals surface area contributed by atoms with Gasteiger partial charge in [0.05, 0.1) is 36.0 Å². The molecule has 1 aliphatic rings. The van der Waals surface area contributed by atoms with Crippen LogP contribution in [0.25, 0.3) is 5.52 Å². The lowest BCUT2D eigenvalue weighted by molar-refractivity contribution is -0.0136. The fourth-order valence-corrected chi connectivity index (χ4v) is 3.02. The van der Waals surface area contributed by atoms with Crippen molar-refractivity contribution in [3.63, 3.8) is 0 Å². The van der Waals surface area contributed by atoms with E-state index >= 15 is 0 Å². The predicted molar refractivity (Wildman–Crippen MR) is 87.6 cm³/mol. The highest BCUT2D eigenvalue weighted by atomic mass is 79.9. The van der Waals surface area contributed by atoms with Crippen LogP contribution in [-0.2, 0) is 4.74 Å². The summed E-state index contributed by atoms with van der Waals surface area (Å²) in [4.78, 5) is 17.9. The number of ether oxygens (including phenoxy) is 1. The van der Waals surface area contributed by atoms with Gasteiger partial charge in [0, 0.05) is 20.7 Å². The lowest BCUT2D eigenvalue weighted by Crippen LogP contribution is -2.42. The van der Waals surface area contributed by atoms with Crippen LogP contribution < -0.4 is 5.32 Å². The monoisotopic (exact) mass is 383 g/mol. The largest absolute Gasteiger partial charge is 0.389 e. The minimum absolute atomic E-state index is 0.114. The van der Waals surface area contributed by atoms with Crippen LogP contribution in [0.2, 0.25) is 0 Å². The smallest absolute Gasteiger partial charge is 0.256 e. The molecule has 9 heteroatoms. The number of carbonyl (C=O) groups excluding carboxylic acids is 1. The van der Waals surface area contributed by atoms with Crippen molar-refractivity contribution in [1.82, 2.24) is 19.5 Å². The molecular weight excluding hydrogens is 366 g/mol. The number of halogens is 1. The van der Waals surface area contributed by atoms with Gasteiger partial charge in [0.2, 0.25) is 5.95 Å². The fraction of sp³-hybridized carbons (Fsp3) is 0.500. The number of fused-ring (bicyclic) bond motifs is 1. The van der Waals surface area contributed by atoms with Gasteiger partial charge in [0.25, 0.3) is 5.91 Å². The summed E-state index contributed by atoms with van der Waals surface area (Å²) in [7, 11) is 3.39. The molecule has 124 valence electrons. The number of nitrogens with one attached hydrogen (secondary N) is 1. The van der Waals surface area contributed by atoms with Crippen LogP contribution in [0.1, 0.15) is 16.8 Å². The van der Waals surface area contributed by atoms with Gasteiger partial charge < -0.3 is 20.1 Å². The van der Waals surface area contributed by atoms with Crippen LogP contribution >= 0.6 is 15.9 Å². The summed E-state index contributed by atoms with van der Waals surface area (Å²) < 4.78 is 7.39. The molecule has 1 amide bonds. The summed E-state index contributed by atoms with van der Waals surface area (Å²) in [5, 5.41) is 17.4. The average Bonchev–Trinajstić information content (AvgIpc) is 2.85. The zero-order valence-electron chi connectivity index (χ0n) is 12.9. The second-order valence-electron chi connectivity index (χ2n) is 5.65. The van der Waals surface area contributed by atoms with Gasteiger partial charge in [-0.05, 0) is 28.4 Å². The summed E-state index contributed by atoms with van der Waals surface area (Å²) in [6.45, 7) is 0.889. The zero-order valence-corrected chi connectivity index (χ0v) is 14.4. The number of amides is 1. The Kier molecular flexibility index (Phi) is 4.51. The lowest BCUT2D eigenvalue weighted by Gasteiger charge is -2.28. The second kappa shape index (κ2) is 6.42. The molecule has 23 heavy (non-hydrogen) atoms. The summed E-state index contributed by atoms with van der Waals surface area (Å²) in [6, 6.07) is 1.58. The number of aromatic nitrogens is 3. The van der Waals surface area contributed by atoms with Gasteiger partial charge in [-0.15, -0.1) is 5.10 Å². The Hall–Kier alpha value is -1.71. The van der Waals surface area contributed by atoms with Crippen molar-refractivity contribution in [3.05, 3.63) is 22.4 Å². The first kappa shape index (κ1) is 16.2. The molecule has 0 aliphatic carbocycles. The second-order valence-corrected chi connectivity index (χ2v) is 6.40. The molecule has 0 radical (unpaired) electrons. The number of nitrogens with zero attached hydrogens (tertiary/aromatic N) is 4. The van der Waals surface area contributed by atoms with Crippen LogP contribution in [0.5, 0.6) is 0 Å². The molecule has 3 rings (SSSR count). The molecule has 3 heterocycles. The Bertz CT molecular complexity index is 733. The van der Waals surface area contributed by atoms with E-state index in [0.29, 0.717) is 41.3 Å². The average molecular weight is 384 g/mol.